The van der Waals surface area contributed by atoms with Crippen LogP contribution < -0.4 is 0 Å². The van der Waals surface area contributed by atoms with Crippen LogP contribution >= 0.6 is 0 Å². The molecule has 0 aliphatic heterocycles. The van der Waals surface area contributed by atoms with Gasteiger partial charge in [0.1, 0.15) is 0 Å². The maximum Gasteiger partial charge on any atom is 0.194 e. The van der Waals surface area contributed by atoms with Crippen LogP contribution in [0, 0.1) is 35.2 Å². The molecular weight excluding hydrogens is 369 g/mol. The van der Waals surface area contributed by atoms with Crippen LogP contribution in [0.3, 0.4) is 0 Å². The lowest BCUT2D eigenvalue weighted by molar-refractivity contribution is 0.158. The van der Waals surface area contributed by atoms with Crippen molar-refractivity contribution in [3.8, 4) is 11.1 Å². The van der Waals surface area contributed by atoms with Crippen molar-refractivity contribution in [3.63, 3.8) is 0 Å². The average Bonchev–Trinajstić information content (AvgIpc) is 2.77. The lowest BCUT2D eigenvalue weighted by atomic mass is 9.68. The Balaban J connectivity index is 1.36. The number of rotatable bonds is 4. The molecule has 0 aromatic heterocycles. The molecule has 0 radical (unpaired) electrons. The van der Waals surface area contributed by atoms with Crippen LogP contribution in [0.5, 0.6) is 0 Å². The second-order valence-electron chi connectivity index (χ2n) is 9.18. The highest BCUT2D eigenvalue weighted by Gasteiger charge is 2.30. The van der Waals surface area contributed by atoms with E-state index in [4.69, 9.17) is 0 Å². The van der Waals surface area contributed by atoms with Crippen molar-refractivity contribution < 1.29 is 13.2 Å². The summed E-state index contributed by atoms with van der Waals surface area (Å²) in [5.41, 5.74) is 2.40. The lowest BCUT2D eigenvalue weighted by Crippen LogP contribution is -2.25. The van der Waals surface area contributed by atoms with E-state index in [2.05, 4.69) is 19.1 Å². The monoisotopic (exact) mass is 400 g/mol. The summed E-state index contributed by atoms with van der Waals surface area (Å²) >= 11 is 0. The topological polar surface area (TPSA) is 0 Å². The van der Waals surface area contributed by atoms with E-state index in [9.17, 15) is 13.2 Å². The maximum absolute atomic E-state index is 13.5. The van der Waals surface area contributed by atoms with Gasteiger partial charge in [-0.25, -0.2) is 13.2 Å². The summed E-state index contributed by atoms with van der Waals surface area (Å²) in [6.45, 7) is 2.32. The molecule has 3 heteroatoms. The van der Waals surface area contributed by atoms with E-state index in [-0.39, 0.29) is 0 Å². The fourth-order valence-corrected chi connectivity index (χ4v) is 5.66. The highest BCUT2D eigenvalue weighted by Crippen LogP contribution is 2.44. The summed E-state index contributed by atoms with van der Waals surface area (Å²) < 4.78 is 40.2. The molecule has 0 saturated heterocycles. The first-order chi connectivity index (χ1) is 14.0. The fraction of sp³-hybridized carbons (Fsp3) is 0.538. The molecule has 0 N–H and O–H groups in total. The quantitative estimate of drug-likeness (QED) is 0.453. The summed E-state index contributed by atoms with van der Waals surface area (Å²) in [7, 11) is 0. The summed E-state index contributed by atoms with van der Waals surface area (Å²) in [4.78, 5) is 0. The third-order valence-corrected chi connectivity index (χ3v) is 7.61. The molecule has 29 heavy (non-hydrogen) atoms. The highest BCUT2D eigenvalue weighted by molar-refractivity contribution is 5.64. The second kappa shape index (κ2) is 8.93. The van der Waals surface area contributed by atoms with Gasteiger partial charge in [0.2, 0.25) is 0 Å². The molecule has 156 valence electrons. The van der Waals surface area contributed by atoms with Crippen LogP contribution in [-0.2, 0) is 0 Å². The Bertz CT molecular complexity index is 787. The van der Waals surface area contributed by atoms with E-state index in [1.807, 2.05) is 12.1 Å². The zero-order valence-electron chi connectivity index (χ0n) is 17.3. The standard InChI is InChI=1S/C26H31F3/c1-2-17-3-5-18(6-4-17)19-7-9-20(10-8-19)21-11-13-22(14-12-21)23-15-24(27)26(29)25(28)16-23/h11-20H,2-10H2,1H3/t17-,18-,19-,20-. The minimum Gasteiger partial charge on any atom is -0.204 e. The largest absolute Gasteiger partial charge is 0.204 e. The Labute approximate surface area is 172 Å². The van der Waals surface area contributed by atoms with Gasteiger partial charge in [0.05, 0.1) is 0 Å². The van der Waals surface area contributed by atoms with E-state index in [1.165, 1.54) is 63.4 Å². The van der Waals surface area contributed by atoms with Crippen LogP contribution in [0.2, 0.25) is 0 Å². The molecule has 0 heterocycles. The molecule has 0 nitrogen and oxygen atoms in total. The molecule has 2 saturated carbocycles. The van der Waals surface area contributed by atoms with E-state index >= 15 is 0 Å². The van der Waals surface area contributed by atoms with Crippen LogP contribution in [-0.4, -0.2) is 0 Å². The fourth-order valence-electron chi connectivity index (χ4n) is 5.66. The molecule has 0 atom stereocenters. The van der Waals surface area contributed by atoms with E-state index in [0.717, 1.165) is 29.9 Å². The SMILES string of the molecule is CC[C@H]1CC[C@H]([C@H]2CC[C@H](c3ccc(-c4cc(F)c(F)c(F)c4)cc3)CC2)CC1. The van der Waals surface area contributed by atoms with Crippen LogP contribution in [0.25, 0.3) is 11.1 Å². The minimum absolute atomic E-state index is 0.374. The van der Waals surface area contributed by atoms with E-state index in [0.29, 0.717) is 17.0 Å². The molecule has 2 aromatic carbocycles. The Morgan fingerprint density at radius 2 is 1.21 bits per heavy atom. The summed E-state index contributed by atoms with van der Waals surface area (Å²) in [5, 5.41) is 0. The third-order valence-electron chi connectivity index (χ3n) is 7.61. The summed E-state index contributed by atoms with van der Waals surface area (Å²) in [6.07, 6.45) is 12.1. The third kappa shape index (κ3) is 4.54. The molecule has 2 aromatic rings. The number of benzene rings is 2. The molecule has 0 spiro atoms. The van der Waals surface area contributed by atoms with Gasteiger partial charge in [-0.05, 0) is 91.0 Å². The zero-order chi connectivity index (χ0) is 20.4. The van der Waals surface area contributed by atoms with Gasteiger partial charge in [0, 0.05) is 0 Å². The van der Waals surface area contributed by atoms with Gasteiger partial charge in [-0.1, -0.05) is 50.5 Å². The van der Waals surface area contributed by atoms with Crippen molar-refractivity contribution in [3.05, 3.63) is 59.4 Å². The Kier molecular flexibility index (Phi) is 6.32. The molecule has 0 bridgehead atoms. The van der Waals surface area contributed by atoms with Gasteiger partial charge in [0.15, 0.2) is 17.5 Å². The minimum atomic E-state index is -1.41. The molecule has 2 aliphatic rings. The normalized spacial score (nSPS) is 27.7. The summed E-state index contributed by atoms with van der Waals surface area (Å²) in [5.74, 6) is -0.327. The number of halogens is 3. The predicted octanol–water partition coefficient (Wildman–Crippen LogP) is 8.26. The second-order valence-corrected chi connectivity index (χ2v) is 9.18. The molecule has 0 amide bonds. The predicted molar refractivity (Wildman–Crippen MR) is 112 cm³/mol. The molecule has 2 aliphatic carbocycles. The first-order valence-corrected chi connectivity index (χ1v) is 11.3. The number of hydrogen-bond acceptors (Lipinski definition) is 0. The van der Waals surface area contributed by atoms with Gasteiger partial charge < -0.3 is 0 Å². The summed E-state index contributed by atoms with van der Waals surface area (Å²) in [6, 6.07) is 10.1. The van der Waals surface area contributed by atoms with Crippen LogP contribution in [0.4, 0.5) is 13.2 Å². The Morgan fingerprint density at radius 1 is 0.690 bits per heavy atom. The number of hydrogen-bond donors (Lipinski definition) is 0. The van der Waals surface area contributed by atoms with Gasteiger partial charge in [-0.2, -0.15) is 0 Å². The van der Waals surface area contributed by atoms with Gasteiger partial charge >= 0.3 is 0 Å². The van der Waals surface area contributed by atoms with Crippen molar-refractivity contribution in [2.75, 3.05) is 0 Å². The van der Waals surface area contributed by atoms with Crippen molar-refractivity contribution >= 4 is 0 Å². The Hall–Kier alpha value is -1.77. The van der Waals surface area contributed by atoms with Crippen molar-refractivity contribution in [1.82, 2.24) is 0 Å². The van der Waals surface area contributed by atoms with Gasteiger partial charge in [0.25, 0.3) is 0 Å². The van der Waals surface area contributed by atoms with Crippen LogP contribution in [0.15, 0.2) is 36.4 Å². The maximum atomic E-state index is 13.5. The van der Waals surface area contributed by atoms with Crippen LogP contribution in [0.1, 0.15) is 76.2 Å². The van der Waals surface area contributed by atoms with Crippen molar-refractivity contribution in [2.24, 2.45) is 17.8 Å². The van der Waals surface area contributed by atoms with Crippen molar-refractivity contribution in [1.29, 1.82) is 0 Å². The zero-order valence-corrected chi connectivity index (χ0v) is 17.3. The van der Waals surface area contributed by atoms with Crippen molar-refractivity contribution in [2.45, 2.75) is 70.6 Å². The first kappa shape index (κ1) is 20.5. The van der Waals surface area contributed by atoms with E-state index in [1.54, 1.807) is 0 Å². The molecular formula is C26H31F3. The highest BCUT2D eigenvalue weighted by atomic mass is 19.2. The smallest absolute Gasteiger partial charge is 0.194 e. The lowest BCUT2D eigenvalue weighted by Gasteiger charge is -2.38. The van der Waals surface area contributed by atoms with Gasteiger partial charge in [-0.3, -0.25) is 0 Å². The van der Waals surface area contributed by atoms with E-state index < -0.39 is 17.5 Å². The average molecular weight is 401 g/mol. The Morgan fingerprint density at radius 3 is 1.72 bits per heavy atom. The first-order valence-electron chi connectivity index (χ1n) is 11.3. The van der Waals surface area contributed by atoms with Gasteiger partial charge in [-0.15, -0.1) is 0 Å². The molecule has 4 rings (SSSR count). The molecule has 2 fully saturated rings. The molecule has 0 unspecified atom stereocenters.